The fourth-order valence-corrected chi connectivity index (χ4v) is 3.00. The molecular formula is C23H30O5. The Morgan fingerprint density at radius 1 is 1.04 bits per heavy atom. The smallest absolute Gasteiger partial charge is 0.161 e. The van der Waals surface area contributed by atoms with E-state index in [9.17, 15) is 10.2 Å². The standard InChI is InChI=1S/C23H30O5/c1-6-7-17-8-11-21(22(12-17)26-5)28-16(4)23(27-15(2)3)18-9-10-20(25)19(13-18)14-24/h6-13,15-16,23-25H,14H2,1-5H3/b7-6+. The van der Waals surface area contributed by atoms with E-state index in [1.54, 1.807) is 25.3 Å². The quantitative estimate of drug-likeness (QED) is 0.644. The molecule has 0 saturated heterocycles. The second-order valence-electron chi connectivity index (χ2n) is 6.88. The van der Waals surface area contributed by atoms with Crippen LogP contribution in [0.15, 0.2) is 42.5 Å². The Bertz CT molecular complexity index is 798. The molecule has 0 spiro atoms. The van der Waals surface area contributed by atoms with Crippen molar-refractivity contribution in [2.45, 2.75) is 52.6 Å². The van der Waals surface area contributed by atoms with Gasteiger partial charge in [0, 0.05) is 5.56 Å². The van der Waals surface area contributed by atoms with Crippen LogP contribution in [0.5, 0.6) is 17.2 Å². The third-order valence-electron chi connectivity index (χ3n) is 4.31. The van der Waals surface area contributed by atoms with E-state index in [0.717, 1.165) is 11.1 Å². The number of hydrogen-bond acceptors (Lipinski definition) is 5. The van der Waals surface area contributed by atoms with Gasteiger partial charge in [-0.25, -0.2) is 0 Å². The number of allylic oxidation sites excluding steroid dienone is 1. The Morgan fingerprint density at radius 2 is 1.79 bits per heavy atom. The summed E-state index contributed by atoms with van der Waals surface area (Å²) in [5, 5.41) is 19.3. The van der Waals surface area contributed by atoms with Crippen molar-refractivity contribution in [1.82, 2.24) is 0 Å². The summed E-state index contributed by atoms with van der Waals surface area (Å²) >= 11 is 0. The predicted molar refractivity (Wildman–Crippen MR) is 111 cm³/mol. The van der Waals surface area contributed by atoms with Crippen molar-refractivity contribution < 1.29 is 24.4 Å². The third-order valence-corrected chi connectivity index (χ3v) is 4.31. The third kappa shape index (κ3) is 5.50. The Balaban J connectivity index is 2.32. The maximum atomic E-state index is 9.86. The molecule has 0 bridgehead atoms. The van der Waals surface area contributed by atoms with Gasteiger partial charge >= 0.3 is 0 Å². The number of ether oxygens (including phenoxy) is 3. The number of phenols is 1. The van der Waals surface area contributed by atoms with E-state index in [-0.39, 0.29) is 30.7 Å². The molecule has 2 rings (SSSR count). The van der Waals surface area contributed by atoms with E-state index in [0.29, 0.717) is 17.1 Å². The van der Waals surface area contributed by atoms with Crippen LogP contribution in [0, 0.1) is 0 Å². The molecule has 2 atom stereocenters. The van der Waals surface area contributed by atoms with Crippen LogP contribution >= 0.6 is 0 Å². The number of benzene rings is 2. The van der Waals surface area contributed by atoms with Crippen molar-refractivity contribution in [3.63, 3.8) is 0 Å². The highest BCUT2D eigenvalue weighted by atomic mass is 16.6. The number of hydrogen-bond donors (Lipinski definition) is 2. The van der Waals surface area contributed by atoms with E-state index in [4.69, 9.17) is 14.2 Å². The maximum Gasteiger partial charge on any atom is 0.161 e. The van der Waals surface area contributed by atoms with Crippen LogP contribution in [0.2, 0.25) is 0 Å². The number of rotatable bonds is 9. The monoisotopic (exact) mass is 386 g/mol. The second kappa shape index (κ2) is 10.2. The summed E-state index contributed by atoms with van der Waals surface area (Å²) < 4.78 is 17.8. The maximum absolute atomic E-state index is 9.86. The summed E-state index contributed by atoms with van der Waals surface area (Å²) in [7, 11) is 1.61. The summed E-state index contributed by atoms with van der Waals surface area (Å²) in [4.78, 5) is 0. The van der Waals surface area contributed by atoms with E-state index in [1.807, 2.05) is 58.0 Å². The highest BCUT2D eigenvalue weighted by Crippen LogP contribution is 2.34. The first-order chi connectivity index (χ1) is 13.4. The zero-order valence-corrected chi connectivity index (χ0v) is 17.2. The van der Waals surface area contributed by atoms with E-state index >= 15 is 0 Å². The first-order valence-electron chi connectivity index (χ1n) is 9.45. The van der Waals surface area contributed by atoms with Gasteiger partial charge in [0.15, 0.2) is 11.5 Å². The molecule has 0 aliphatic rings. The second-order valence-corrected chi connectivity index (χ2v) is 6.88. The van der Waals surface area contributed by atoms with Gasteiger partial charge in [0.1, 0.15) is 18.0 Å². The van der Waals surface area contributed by atoms with Crippen molar-refractivity contribution >= 4 is 6.08 Å². The molecule has 2 aromatic rings. The predicted octanol–water partition coefficient (Wildman–Crippen LogP) is 4.86. The summed E-state index contributed by atoms with van der Waals surface area (Å²) in [5.41, 5.74) is 2.31. The number of methoxy groups -OCH3 is 1. The Morgan fingerprint density at radius 3 is 2.39 bits per heavy atom. The average molecular weight is 386 g/mol. The van der Waals surface area contributed by atoms with Gasteiger partial charge in [-0.2, -0.15) is 0 Å². The molecule has 0 aromatic heterocycles. The van der Waals surface area contributed by atoms with Gasteiger partial charge in [0.2, 0.25) is 0 Å². The fourth-order valence-electron chi connectivity index (χ4n) is 3.00. The lowest BCUT2D eigenvalue weighted by atomic mass is 10.0. The van der Waals surface area contributed by atoms with Crippen LogP contribution in [-0.2, 0) is 11.3 Å². The van der Waals surface area contributed by atoms with Gasteiger partial charge < -0.3 is 24.4 Å². The molecule has 0 fully saturated rings. The zero-order valence-electron chi connectivity index (χ0n) is 17.2. The minimum atomic E-state index is -0.383. The van der Waals surface area contributed by atoms with Crippen molar-refractivity contribution in [2.24, 2.45) is 0 Å². The van der Waals surface area contributed by atoms with Gasteiger partial charge in [0.05, 0.1) is 19.8 Å². The lowest BCUT2D eigenvalue weighted by molar-refractivity contribution is -0.0521. The lowest BCUT2D eigenvalue weighted by Crippen LogP contribution is -2.27. The van der Waals surface area contributed by atoms with Crippen molar-refractivity contribution in [1.29, 1.82) is 0 Å². The molecule has 0 radical (unpaired) electrons. The Hall–Kier alpha value is -2.50. The Kier molecular flexibility index (Phi) is 7.91. The van der Waals surface area contributed by atoms with E-state index in [2.05, 4.69) is 0 Å². The topological polar surface area (TPSA) is 68.2 Å². The lowest BCUT2D eigenvalue weighted by Gasteiger charge is -2.28. The largest absolute Gasteiger partial charge is 0.508 e. The van der Waals surface area contributed by atoms with Crippen LogP contribution in [0.4, 0.5) is 0 Å². The first kappa shape index (κ1) is 21.8. The normalized spacial score (nSPS) is 13.7. The fraction of sp³-hybridized carbons (Fsp3) is 0.391. The molecule has 0 aliphatic carbocycles. The van der Waals surface area contributed by atoms with Gasteiger partial charge in [0.25, 0.3) is 0 Å². The minimum absolute atomic E-state index is 0.0265. The first-order valence-corrected chi connectivity index (χ1v) is 9.45. The average Bonchev–Trinajstić information content (AvgIpc) is 2.67. The van der Waals surface area contributed by atoms with E-state index in [1.165, 1.54) is 0 Å². The van der Waals surface area contributed by atoms with Gasteiger partial charge in [-0.05, 0) is 63.1 Å². The van der Waals surface area contributed by atoms with Crippen LogP contribution < -0.4 is 9.47 Å². The SMILES string of the molecule is C/C=C/c1ccc(OC(C)C(OC(C)C)c2ccc(O)c(CO)c2)c(OC)c1. The van der Waals surface area contributed by atoms with Gasteiger partial charge in [-0.15, -0.1) is 0 Å². The molecule has 2 aromatic carbocycles. The molecule has 2 unspecified atom stereocenters. The molecule has 5 nitrogen and oxygen atoms in total. The van der Waals surface area contributed by atoms with Crippen molar-refractivity contribution in [3.8, 4) is 17.2 Å². The number of aliphatic hydroxyl groups is 1. The molecule has 28 heavy (non-hydrogen) atoms. The van der Waals surface area contributed by atoms with Crippen LogP contribution in [-0.4, -0.2) is 29.5 Å². The summed E-state index contributed by atoms with van der Waals surface area (Å²) in [6.07, 6.45) is 3.22. The number of aliphatic hydroxyl groups excluding tert-OH is 1. The summed E-state index contributed by atoms with van der Waals surface area (Å²) in [6.45, 7) is 7.56. The van der Waals surface area contributed by atoms with Gasteiger partial charge in [-0.3, -0.25) is 0 Å². The van der Waals surface area contributed by atoms with Gasteiger partial charge in [-0.1, -0.05) is 24.3 Å². The van der Waals surface area contributed by atoms with Crippen molar-refractivity contribution in [2.75, 3.05) is 7.11 Å². The molecule has 2 N–H and O–H groups in total. The molecule has 0 aliphatic heterocycles. The highest BCUT2D eigenvalue weighted by Gasteiger charge is 2.25. The molecule has 152 valence electrons. The van der Waals surface area contributed by atoms with Crippen LogP contribution in [0.1, 0.15) is 50.5 Å². The Labute approximate surface area is 167 Å². The summed E-state index contributed by atoms with van der Waals surface area (Å²) in [5.74, 6) is 1.33. The minimum Gasteiger partial charge on any atom is -0.508 e. The molecule has 0 heterocycles. The van der Waals surface area contributed by atoms with E-state index < -0.39 is 0 Å². The zero-order chi connectivity index (χ0) is 20.7. The highest BCUT2D eigenvalue weighted by molar-refractivity contribution is 5.55. The molecule has 5 heteroatoms. The summed E-state index contributed by atoms with van der Waals surface area (Å²) in [6, 6.07) is 10.9. The van der Waals surface area contributed by atoms with Crippen molar-refractivity contribution in [3.05, 3.63) is 59.2 Å². The molecular weight excluding hydrogens is 356 g/mol. The number of aromatic hydroxyl groups is 1. The van der Waals surface area contributed by atoms with Crippen LogP contribution in [0.3, 0.4) is 0 Å². The van der Waals surface area contributed by atoms with Crippen LogP contribution in [0.25, 0.3) is 6.08 Å². The molecule has 0 amide bonds. The molecule has 0 saturated carbocycles.